The van der Waals surface area contributed by atoms with Crippen LogP contribution < -0.4 is 14.8 Å². The monoisotopic (exact) mass is 384 g/mol. The van der Waals surface area contributed by atoms with Gasteiger partial charge in [-0.15, -0.1) is 0 Å². The summed E-state index contributed by atoms with van der Waals surface area (Å²) in [5.74, 6) is 1.66. The van der Waals surface area contributed by atoms with Crippen LogP contribution in [-0.4, -0.2) is 44.3 Å². The maximum Gasteiger partial charge on any atom is 0.165 e. The molecule has 130 valence electrons. The Balaban J connectivity index is 2.01. The number of ether oxygens (including phenoxy) is 2. The van der Waals surface area contributed by atoms with Gasteiger partial charge in [0.25, 0.3) is 0 Å². The molecule has 1 aromatic carbocycles. The van der Waals surface area contributed by atoms with Crippen molar-refractivity contribution in [1.82, 2.24) is 10.2 Å². The van der Waals surface area contributed by atoms with E-state index in [1.54, 1.807) is 7.11 Å². The predicted molar refractivity (Wildman–Crippen MR) is 98.5 cm³/mol. The van der Waals surface area contributed by atoms with Crippen molar-refractivity contribution in [3.8, 4) is 11.5 Å². The Kier molecular flexibility index (Phi) is 7.66. The van der Waals surface area contributed by atoms with Crippen molar-refractivity contribution in [2.24, 2.45) is 0 Å². The highest BCUT2D eigenvalue weighted by molar-refractivity contribution is 9.10. The molecule has 2 rings (SSSR count). The van der Waals surface area contributed by atoms with E-state index in [9.17, 15) is 0 Å². The number of hydrogen-bond acceptors (Lipinski definition) is 4. The molecular formula is C18H29BrN2O2. The van der Waals surface area contributed by atoms with Gasteiger partial charge >= 0.3 is 0 Å². The Morgan fingerprint density at radius 1 is 1.35 bits per heavy atom. The molecule has 4 nitrogen and oxygen atoms in total. The van der Waals surface area contributed by atoms with Crippen LogP contribution in [0.15, 0.2) is 16.6 Å². The summed E-state index contributed by atoms with van der Waals surface area (Å²) in [6, 6.07) is 4.74. The average Bonchev–Trinajstić information content (AvgIpc) is 3.01. The number of hydrogen-bond donors (Lipinski definition) is 1. The highest BCUT2D eigenvalue weighted by atomic mass is 79.9. The van der Waals surface area contributed by atoms with Crippen molar-refractivity contribution in [2.75, 3.05) is 33.4 Å². The van der Waals surface area contributed by atoms with Crippen molar-refractivity contribution in [2.45, 2.75) is 45.7 Å². The molecule has 0 saturated carbocycles. The fourth-order valence-electron chi connectivity index (χ4n) is 3.19. The molecule has 1 aromatic rings. The molecule has 1 aliphatic heterocycles. The van der Waals surface area contributed by atoms with Crippen LogP contribution in [0.1, 0.15) is 38.7 Å². The van der Waals surface area contributed by atoms with Gasteiger partial charge in [0, 0.05) is 29.2 Å². The summed E-state index contributed by atoms with van der Waals surface area (Å²) in [4.78, 5) is 2.56. The molecule has 23 heavy (non-hydrogen) atoms. The molecule has 1 aliphatic rings. The third kappa shape index (κ3) is 5.10. The Labute approximate surface area is 148 Å². The van der Waals surface area contributed by atoms with Crippen LogP contribution in [0.25, 0.3) is 0 Å². The molecular weight excluding hydrogens is 356 g/mol. The first kappa shape index (κ1) is 18.6. The van der Waals surface area contributed by atoms with E-state index >= 15 is 0 Å². The first-order chi connectivity index (χ1) is 11.2. The highest BCUT2D eigenvalue weighted by Gasteiger charge is 2.22. The maximum atomic E-state index is 5.93. The van der Waals surface area contributed by atoms with Gasteiger partial charge in [-0.3, -0.25) is 4.90 Å². The van der Waals surface area contributed by atoms with E-state index in [-0.39, 0.29) is 0 Å². The van der Waals surface area contributed by atoms with E-state index < -0.39 is 0 Å². The molecule has 0 bridgehead atoms. The molecule has 0 spiro atoms. The Morgan fingerprint density at radius 2 is 2.17 bits per heavy atom. The minimum Gasteiger partial charge on any atom is -0.493 e. The molecule has 1 atom stereocenters. The minimum absolute atomic E-state index is 0.661. The van der Waals surface area contributed by atoms with E-state index in [0.717, 1.165) is 47.6 Å². The van der Waals surface area contributed by atoms with Gasteiger partial charge < -0.3 is 14.8 Å². The van der Waals surface area contributed by atoms with Crippen LogP contribution in [-0.2, 0) is 6.54 Å². The summed E-state index contributed by atoms with van der Waals surface area (Å²) < 4.78 is 12.4. The lowest BCUT2D eigenvalue weighted by molar-refractivity contribution is 0.258. The van der Waals surface area contributed by atoms with Crippen LogP contribution in [0, 0.1) is 0 Å². The molecule has 1 heterocycles. The second kappa shape index (κ2) is 9.50. The largest absolute Gasteiger partial charge is 0.493 e. The van der Waals surface area contributed by atoms with Crippen LogP contribution in [0.2, 0.25) is 0 Å². The van der Waals surface area contributed by atoms with Gasteiger partial charge in [-0.25, -0.2) is 0 Å². The third-order valence-corrected chi connectivity index (χ3v) is 4.83. The number of methoxy groups -OCH3 is 1. The molecule has 0 amide bonds. The van der Waals surface area contributed by atoms with Crippen molar-refractivity contribution < 1.29 is 9.47 Å². The Hall–Kier alpha value is -0.780. The van der Waals surface area contributed by atoms with E-state index in [1.165, 1.54) is 19.4 Å². The molecule has 0 aliphatic carbocycles. The summed E-state index contributed by atoms with van der Waals surface area (Å²) in [6.45, 7) is 9.26. The lowest BCUT2D eigenvalue weighted by Crippen LogP contribution is -2.37. The maximum absolute atomic E-state index is 5.93. The van der Waals surface area contributed by atoms with Gasteiger partial charge in [-0.1, -0.05) is 29.8 Å². The topological polar surface area (TPSA) is 33.7 Å². The molecule has 5 heteroatoms. The molecule has 1 fully saturated rings. The van der Waals surface area contributed by atoms with Crippen molar-refractivity contribution >= 4 is 15.9 Å². The number of halogens is 1. The number of rotatable bonds is 9. The molecule has 0 unspecified atom stereocenters. The summed E-state index contributed by atoms with van der Waals surface area (Å²) in [7, 11) is 1.69. The van der Waals surface area contributed by atoms with Crippen LogP contribution in [0.3, 0.4) is 0 Å². The lowest BCUT2D eigenvalue weighted by Gasteiger charge is -2.23. The van der Waals surface area contributed by atoms with Gasteiger partial charge in [0.1, 0.15) is 0 Å². The zero-order valence-electron chi connectivity index (χ0n) is 14.5. The quantitative estimate of drug-likeness (QED) is 0.701. The van der Waals surface area contributed by atoms with E-state index in [4.69, 9.17) is 9.47 Å². The van der Waals surface area contributed by atoms with Crippen LogP contribution >= 0.6 is 15.9 Å². The smallest absolute Gasteiger partial charge is 0.165 e. The Bertz CT molecular complexity index is 496. The number of benzene rings is 1. The molecule has 1 N–H and O–H groups in total. The van der Waals surface area contributed by atoms with E-state index in [0.29, 0.717) is 12.6 Å². The van der Waals surface area contributed by atoms with Gasteiger partial charge in [0.05, 0.1) is 13.7 Å². The van der Waals surface area contributed by atoms with Gasteiger partial charge in [-0.05, 0) is 44.5 Å². The second-order valence-electron chi connectivity index (χ2n) is 6.00. The average molecular weight is 385 g/mol. The number of nitrogens with zero attached hydrogens (tertiary/aromatic N) is 1. The van der Waals surface area contributed by atoms with Gasteiger partial charge in [0.2, 0.25) is 0 Å². The highest BCUT2D eigenvalue weighted by Crippen LogP contribution is 2.35. The molecule has 0 aromatic heterocycles. The van der Waals surface area contributed by atoms with Crippen LogP contribution in [0.4, 0.5) is 0 Å². The Morgan fingerprint density at radius 3 is 2.87 bits per heavy atom. The third-order valence-electron chi connectivity index (χ3n) is 4.37. The number of nitrogens with one attached hydrogen (secondary N) is 1. The van der Waals surface area contributed by atoms with Crippen molar-refractivity contribution in [3.05, 3.63) is 22.2 Å². The summed E-state index contributed by atoms with van der Waals surface area (Å²) >= 11 is 3.56. The second-order valence-corrected chi connectivity index (χ2v) is 6.92. The summed E-state index contributed by atoms with van der Waals surface area (Å²) in [6.07, 6.45) is 3.59. The predicted octanol–water partition coefficient (Wildman–Crippen LogP) is 3.82. The summed E-state index contributed by atoms with van der Waals surface area (Å²) in [5.41, 5.74) is 1.14. The van der Waals surface area contributed by atoms with Crippen LogP contribution in [0.5, 0.6) is 11.5 Å². The normalized spacial score (nSPS) is 18.3. The lowest BCUT2D eigenvalue weighted by atomic mass is 10.1. The van der Waals surface area contributed by atoms with E-state index in [2.05, 4.69) is 46.1 Å². The van der Waals surface area contributed by atoms with Gasteiger partial charge in [-0.2, -0.15) is 0 Å². The fraction of sp³-hybridized carbons (Fsp3) is 0.667. The summed E-state index contributed by atoms with van der Waals surface area (Å²) in [5, 5.41) is 3.61. The molecule has 0 radical (unpaired) electrons. The SMILES string of the molecule is CCCOc1c(CNC[C@@H]2CCCN2CC)cc(Br)cc1OC. The minimum atomic E-state index is 0.661. The first-order valence-corrected chi connectivity index (χ1v) is 9.42. The van der Waals surface area contributed by atoms with E-state index in [1.807, 2.05) is 6.07 Å². The number of likely N-dealkylation sites (tertiary alicyclic amines) is 1. The fourth-order valence-corrected chi connectivity index (χ4v) is 3.67. The standard InChI is InChI=1S/C18H29BrN2O2/c1-4-9-23-18-14(10-15(19)11-17(18)22-3)12-20-13-16-7-6-8-21(16)5-2/h10-11,16,20H,4-9,12-13H2,1-3H3/t16-/m0/s1. The zero-order chi connectivity index (χ0) is 16.7. The van der Waals surface area contributed by atoms with Gasteiger partial charge in [0.15, 0.2) is 11.5 Å². The van der Waals surface area contributed by atoms with Crippen molar-refractivity contribution in [1.29, 1.82) is 0 Å². The molecule has 1 saturated heterocycles. The number of likely N-dealkylation sites (N-methyl/N-ethyl adjacent to an activating group) is 1. The first-order valence-electron chi connectivity index (χ1n) is 8.63. The zero-order valence-corrected chi connectivity index (χ0v) is 16.1. The van der Waals surface area contributed by atoms with Crippen molar-refractivity contribution in [3.63, 3.8) is 0 Å².